The maximum Gasteiger partial charge on any atom is 0.472 e. The van der Waals surface area contributed by atoms with Gasteiger partial charge in [0.05, 0.1) is 26.4 Å². The highest BCUT2D eigenvalue weighted by Gasteiger charge is 2.30. The van der Waals surface area contributed by atoms with Gasteiger partial charge >= 0.3 is 39.5 Å². The van der Waals surface area contributed by atoms with Crippen molar-refractivity contribution in [3.8, 4) is 0 Å². The predicted octanol–water partition coefficient (Wildman–Crippen LogP) is 21.9. The molecule has 0 saturated heterocycles. The van der Waals surface area contributed by atoms with E-state index in [0.717, 1.165) is 127 Å². The zero-order valence-electron chi connectivity index (χ0n) is 61.3. The third kappa shape index (κ3) is 67.3. The lowest BCUT2D eigenvalue weighted by Gasteiger charge is -2.21. The number of phosphoric ester groups is 2. The molecule has 3 N–H and O–H groups in total. The summed E-state index contributed by atoms with van der Waals surface area (Å²) in [5.74, 6) is -0.450. The van der Waals surface area contributed by atoms with Crippen LogP contribution in [0.5, 0.6) is 0 Å². The smallest absolute Gasteiger partial charge is 0.462 e. The molecule has 0 aliphatic rings. The van der Waals surface area contributed by atoms with E-state index >= 15 is 0 Å². The number of esters is 4. The number of carbonyl (C=O) groups is 4. The molecular formula is C75H146O17P2. The fourth-order valence-electron chi connectivity index (χ4n) is 11.4. The minimum atomic E-state index is -4.95. The minimum absolute atomic E-state index is 0.104. The fraction of sp³-hybridized carbons (Fsp3) is 0.947. The van der Waals surface area contributed by atoms with Gasteiger partial charge in [-0.05, 0) is 37.5 Å². The van der Waals surface area contributed by atoms with Crippen molar-refractivity contribution in [1.82, 2.24) is 0 Å². The van der Waals surface area contributed by atoms with Crippen molar-refractivity contribution in [3.05, 3.63) is 0 Å². The van der Waals surface area contributed by atoms with Crippen LogP contribution < -0.4 is 0 Å². The van der Waals surface area contributed by atoms with Crippen LogP contribution in [0.15, 0.2) is 0 Å². The summed E-state index contributed by atoms with van der Waals surface area (Å²) in [6, 6.07) is 0. The van der Waals surface area contributed by atoms with Gasteiger partial charge in [0.15, 0.2) is 12.2 Å². The van der Waals surface area contributed by atoms with Crippen molar-refractivity contribution in [2.75, 3.05) is 39.6 Å². The highest BCUT2D eigenvalue weighted by molar-refractivity contribution is 7.47. The van der Waals surface area contributed by atoms with Crippen LogP contribution in [0.1, 0.15) is 388 Å². The molecule has 0 rings (SSSR count). The molecule has 17 nitrogen and oxygen atoms in total. The molecule has 0 aromatic carbocycles. The van der Waals surface area contributed by atoms with Crippen molar-refractivity contribution in [3.63, 3.8) is 0 Å². The maximum atomic E-state index is 13.1. The molecule has 0 spiro atoms. The number of phosphoric acid groups is 2. The Morgan fingerprint density at radius 2 is 0.543 bits per heavy atom. The standard InChI is InChI=1S/C75H146O17P2/c1-7-10-12-14-37-45-51-57-72(77)85-63-70(91-74(79)59-53-47-38-15-13-11-8-2)65-89-93(81,82)87-61-69(76)62-88-94(83,84)90-66-71(64-86-73(78)58-52-46-41-35-31-27-24-20-21-25-29-33-39-43-49-55-67(4)5)92-75(80)60-54-48-42-36-32-28-23-19-17-16-18-22-26-30-34-40-44-50-56-68(6)9-3/h67-71,76H,7-66H2,1-6H3,(H,81,82)(H,83,84)/t68?,69-,70+,71+/m0/s1. The van der Waals surface area contributed by atoms with E-state index in [1.807, 2.05) is 0 Å². The van der Waals surface area contributed by atoms with Gasteiger partial charge in [-0.2, -0.15) is 0 Å². The Bertz CT molecular complexity index is 1820. The number of hydrogen-bond donors (Lipinski definition) is 3. The zero-order valence-corrected chi connectivity index (χ0v) is 63.1. The largest absolute Gasteiger partial charge is 0.472 e. The number of hydrogen-bond acceptors (Lipinski definition) is 15. The van der Waals surface area contributed by atoms with E-state index in [0.29, 0.717) is 25.7 Å². The Kier molecular flexibility index (Phi) is 65.5. The second kappa shape index (κ2) is 66.9. The number of aliphatic hydroxyl groups excluding tert-OH is 1. The molecular weight excluding hydrogens is 1230 g/mol. The first kappa shape index (κ1) is 92.1. The molecule has 19 heteroatoms. The first-order valence-corrected chi connectivity index (χ1v) is 42.0. The molecule has 6 atom stereocenters. The van der Waals surface area contributed by atoms with E-state index in [1.54, 1.807) is 0 Å². The Labute approximate surface area is 575 Å². The van der Waals surface area contributed by atoms with Crippen molar-refractivity contribution in [1.29, 1.82) is 0 Å². The second-order valence-corrected chi connectivity index (χ2v) is 30.7. The Hall–Kier alpha value is -1.94. The SMILES string of the molecule is CCCCCCCCCC(=O)OC[C@H](COP(=O)(O)OC[C@H](O)COP(=O)(O)OC[C@@H](COC(=O)CCCCCCCCCCCCCCCCCC(C)C)OC(=O)CCCCCCCCCCCCCCCCCCCCC(C)CC)OC(=O)CCCCCCCCC. The van der Waals surface area contributed by atoms with Crippen molar-refractivity contribution >= 4 is 39.5 Å². The quantitative estimate of drug-likeness (QED) is 0.0222. The first-order valence-electron chi connectivity index (χ1n) is 39.0. The van der Waals surface area contributed by atoms with Crippen LogP contribution in [0.2, 0.25) is 0 Å². The molecule has 0 bridgehead atoms. The third-order valence-electron chi connectivity index (χ3n) is 17.8. The van der Waals surface area contributed by atoms with Gasteiger partial charge in [0.1, 0.15) is 19.3 Å². The average Bonchev–Trinajstić information content (AvgIpc) is 3.40. The topological polar surface area (TPSA) is 237 Å². The zero-order chi connectivity index (χ0) is 69.3. The molecule has 0 saturated carbocycles. The Morgan fingerprint density at radius 1 is 0.309 bits per heavy atom. The summed E-state index contributed by atoms with van der Waals surface area (Å²) in [6.07, 6.45) is 54.6. The van der Waals surface area contributed by atoms with E-state index in [1.165, 1.54) is 180 Å². The van der Waals surface area contributed by atoms with Crippen LogP contribution in [-0.2, 0) is 65.4 Å². The molecule has 3 unspecified atom stereocenters. The van der Waals surface area contributed by atoms with E-state index in [2.05, 4.69) is 41.5 Å². The van der Waals surface area contributed by atoms with Gasteiger partial charge in [0.2, 0.25) is 0 Å². The van der Waals surface area contributed by atoms with E-state index in [9.17, 15) is 43.2 Å². The van der Waals surface area contributed by atoms with E-state index in [-0.39, 0.29) is 25.7 Å². The monoisotopic (exact) mass is 1380 g/mol. The molecule has 0 aromatic heterocycles. The number of ether oxygens (including phenoxy) is 4. The van der Waals surface area contributed by atoms with Gasteiger partial charge in [-0.1, -0.05) is 337 Å². The van der Waals surface area contributed by atoms with Crippen LogP contribution in [0.25, 0.3) is 0 Å². The lowest BCUT2D eigenvalue weighted by molar-refractivity contribution is -0.161. The highest BCUT2D eigenvalue weighted by atomic mass is 31.2. The number of aliphatic hydroxyl groups is 1. The summed E-state index contributed by atoms with van der Waals surface area (Å²) in [7, 11) is -9.89. The summed E-state index contributed by atoms with van der Waals surface area (Å²) in [6.45, 7) is 9.59. The molecule has 0 radical (unpaired) electrons. The lowest BCUT2D eigenvalue weighted by Crippen LogP contribution is -2.30. The van der Waals surface area contributed by atoms with Gasteiger partial charge in [-0.3, -0.25) is 37.3 Å². The molecule has 558 valence electrons. The van der Waals surface area contributed by atoms with Crippen LogP contribution in [0.4, 0.5) is 0 Å². The van der Waals surface area contributed by atoms with Gasteiger partial charge in [0, 0.05) is 25.7 Å². The van der Waals surface area contributed by atoms with Gasteiger partial charge in [-0.15, -0.1) is 0 Å². The summed E-state index contributed by atoms with van der Waals surface area (Å²) in [5.41, 5.74) is 0. The van der Waals surface area contributed by atoms with Gasteiger partial charge < -0.3 is 33.8 Å². The Morgan fingerprint density at radius 3 is 0.809 bits per heavy atom. The van der Waals surface area contributed by atoms with E-state index in [4.69, 9.17) is 37.0 Å². The summed E-state index contributed by atoms with van der Waals surface area (Å²) >= 11 is 0. The molecule has 0 amide bonds. The number of unbranched alkanes of at least 4 members (excludes halogenated alkanes) is 43. The predicted molar refractivity (Wildman–Crippen MR) is 381 cm³/mol. The van der Waals surface area contributed by atoms with Crippen LogP contribution in [-0.4, -0.2) is 96.7 Å². The molecule has 94 heavy (non-hydrogen) atoms. The third-order valence-corrected chi connectivity index (χ3v) is 19.7. The average molecular weight is 1380 g/mol. The highest BCUT2D eigenvalue weighted by Crippen LogP contribution is 2.45. The van der Waals surface area contributed by atoms with Crippen LogP contribution in [0, 0.1) is 11.8 Å². The van der Waals surface area contributed by atoms with E-state index < -0.39 is 97.5 Å². The summed E-state index contributed by atoms with van der Waals surface area (Å²) in [5, 5.41) is 10.6. The fourth-order valence-corrected chi connectivity index (χ4v) is 13.0. The molecule has 0 aromatic rings. The van der Waals surface area contributed by atoms with Gasteiger partial charge in [-0.25, -0.2) is 9.13 Å². The molecule has 0 aliphatic heterocycles. The van der Waals surface area contributed by atoms with Crippen LogP contribution in [0.3, 0.4) is 0 Å². The van der Waals surface area contributed by atoms with Crippen LogP contribution >= 0.6 is 15.6 Å². The lowest BCUT2D eigenvalue weighted by atomic mass is 9.99. The molecule has 0 heterocycles. The minimum Gasteiger partial charge on any atom is -0.462 e. The molecule has 0 aliphatic carbocycles. The number of carbonyl (C=O) groups excluding carboxylic acids is 4. The van der Waals surface area contributed by atoms with Crippen molar-refractivity contribution in [2.24, 2.45) is 11.8 Å². The number of rotatable bonds is 74. The normalized spacial score (nSPS) is 14.3. The first-order chi connectivity index (χ1) is 45.4. The molecule has 0 fully saturated rings. The maximum absolute atomic E-state index is 13.1. The van der Waals surface area contributed by atoms with Crippen molar-refractivity contribution < 1.29 is 80.2 Å². The summed E-state index contributed by atoms with van der Waals surface area (Å²) < 4.78 is 68.2. The summed E-state index contributed by atoms with van der Waals surface area (Å²) in [4.78, 5) is 72.4. The second-order valence-electron chi connectivity index (χ2n) is 27.8. The van der Waals surface area contributed by atoms with Crippen molar-refractivity contribution in [2.45, 2.75) is 407 Å². The Balaban J connectivity index is 5.10. The van der Waals surface area contributed by atoms with Gasteiger partial charge in [0.25, 0.3) is 0 Å².